The predicted octanol–water partition coefficient (Wildman–Crippen LogP) is 4.92. The quantitative estimate of drug-likeness (QED) is 0.601. The van der Waals surface area contributed by atoms with Gasteiger partial charge in [0.1, 0.15) is 5.75 Å². The zero-order valence-electron chi connectivity index (χ0n) is 13.5. The summed E-state index contributed by atoms with van der Waals surface area (Å²) in [5, 5.41) is 4.72. The lowest BCUT2D eigenvalue weighted by Crippen LogP contribution is -2.15. The number of hydrogen-bond acceptors (Lipinski definition) is 4. The van der Waals surface area contributed by atoms with Gasteiger partial charge in [0.25, 0.3) is 0 Å². The van der Waals surface area contributed by atoms with E-state index in [0.29, 0.717) is 26.6 Å². The number of carbonyl (C=O) groups is 1. The fraction of sp³-hybridized carbons (Fsp3) is 0.176. The number of halogens is 2. The fourth-order valence-corrected chi connectivity index (χ4v) is 3.29. The highest BCUT2D eigenvalue weighted by Gasteiger charge is 2.12. The zero-order valence-corrected chi connectivity index (χ0v) is 15.9. The van der Waals surface area contributed by atoms with E-state index in [9.17, 15) is 4.79 Å². The number of amides is 1. The van der Waals surface area contributed by atoms with Gasteiger partial charge in [-0.05, 0) is 36.8 Å². The summed E-state index contributed by atoms with van der Waals surface area (Å²) >= 11 is 13.3. The first-order valence-corrected chi connectivity index (χ1v) is 9.12. The number of aromatic amines is 1. The number of rotatable bonds is 5. The van der Waals surface area contributed by atoms with Gasteiger partial charge in [-0.2, -0.15) is 0 Å². The van der Waals surface area contributed by atoms with Crippen LogP contribution in [0.2, 0.25) is 10.0 Å². The molecule has 8 heteroatoms. The van der Waals surface area contributed by atoms with E-state index in [1.807, 2.05) is 13.0 Å². The number of benzene rings is 2. The first-order valence-electron chi connectivity index (χ1n) is 7.38. The number of nitrogens with zero attached hydrogens (tertiary/aromatic N) is 1. The van der Waals surface area contributed by atoms with E-state index in [2.05, 4.69) is 15.3 Å². The minimum atomic E-state index is -0.163. The lowest BCUT2D eigenvalue weighted by Gasteiger charge is -2.12. The van der Waals surface area contributed by atoms with Crippen molar-refractivity contribution < 1.29 is 9.53 Å². The molecule has 1 aromatic heterocycles. The third-order valence-corrected chi connectivity index (χ3v) is 5.03. The van der Waals surface area contributed by atoms with Gasteiger partial charge in [-0.15, -0.1) is 0 Å². The van der Waals surface area contributed by atoms with Crippen LogP contribution in [0.5, 0.6) is 5.75 Å². The Morgan fingerprint density at radius 1 is 1.32 bits per heavy atom. The average molecular weight is 396 g/mol. The van der Waals surface area contributed by atoms with Crippen molar-refractivity contribution in [1.29, 1.82) is 0 Å². The third kappa shape index (κ3) is 4.21. The van der Waals surface area contributed by atoms with E-state index < -0.39 is 0 Å². The lowest BCUT2D eigenvalue weighted by atomic mass is 10.2. The number of methoxy groups -OCH3 is 1. The van der Waals surface area contributed by atoms with Crippen molar-refractivity contribution in [2.45, 2.75) is 12.1 Å². The molecular weight excluding hydrogens is 381 g/mol. The summed E-state index contributed by atoms with van der Waals surface area (Å²) in [6.45, 7) is 1.87. The van der Waals surface area contributed by atoms with Crippen molar-refractivity contribution in [2.24, 2.45) is 0 Å². The molecule has 130 valence electrons. The minimum Gasteiger partial charge on any atom is -0.495 e. The summed E-state index contributed by atoms with van der Waals surface area (Å²) in [5.41, 5.74) is 3.10. The molecular formula is C17H15Cl2N3O2S. The normalized spacial score (nSPS) is 10.9. The van der Waals surface area contributed by atoms with Crippen molar-refractivity contribution in [3.05, 3.63) is 45.9 Å². The van der Waals surface area contributed by atoms with Crippen LogP contribution in [0.15, 0.2) is 35.5 Å². The molecule has 0 aliphatic heterocycles. The van der Waals surface area contributed by atoms with Gasteiger partial charge in [0.05, 0.1) is 29.6 Å². The molecule has 2 N–H and O–H groups in total. The van der Waals surface area contributed by atoms with Crippen LogP contribution in [0, 0.1) is 6.92 Å². The number of aromatic nitrogens is 2. The van der Waals surface area contributed by atoms with Gasteiger partial charge in [0.2, 0.25) is 5.91 Å². The second-order valence-electron chi connectivity index (χ2n) is 5.34. The number of thioether (sulfide) groups is 1. The highest BCUT2D eigenvalue weighted by atomic mass is 35.5. The number of hydrogen-bond donors (Lipinski definition) is 2. The molecule has 1 heterocycles. The number of nitrogens with one attached hydrogen (secondary N) is 2. The van der Waals surface area contributed by atoms with Crippen molar-refractivity contribution in [1.82, 2.24) is 9.97 Å². The van der Waals surface area contributed by atoms with Crippen LogP contribution in [0.1, 0.15) is 5.56 Å². The van der Waals surface area contributed by atoms with Crippen LogP contribution < -0.4 is 10.1 Å². The molecule has 0 unspecified atom stereocenters. The molecule has 0 atom stereocenters. The smallest absolute Gasteiger partial charge is 0.234 e. The predicted molar refractivity (Wildman–Crippen MR) is 103 cm³/mol. The van der Waals surface area contributed by atoms with Gasteiger partial charge >= 0.3 is 0 Å². The zero-order chi connectivity index (χ0) is 18.0. The molecule has 0 saturated carbocycles. The van der Waals surface area contributed by atoms with Crippen molar-refractivity contribution in [2.75, 3.05) is 18.2 Å². The Hall–Kier alpha value is -1.89. The molecule has 0 bridgehead atoms. The summed E-state index contributed by atoms with van der Waals surface area (Å²) in [5.74, 6) is 0.564. The lowest BCUT2D eigenvalue weighted by molar-refractivity contribution is -0.113. The highest BCUT2D eigenvalue weighted by Crippen LogP contribution is 2.31. The van der Waals surface area contributed by atoms with E-state index in [-0.39, 0.29) is 11.7 Å². The molecule has 3 aromatic rings. The van der Waals surface area contributed by atoms with Gasteiger partial charge < -0.3 is 15.0 Å². The molecule has 1 amide bonds. The standard InChI is InChI=1S/C17H15Cl2N3O2S/c1-9-5-14(15(24-2)7-11(9)19)20-16(23)8-25-17-21-12-4-3-10(18)6-13(12)22-17/h3-7H,8H2,1-2H3,(H,20,23)(H,21,22). The van der Waals surface area contributed by atoms with Gasteiger partial charge in [-0.3, -0.25) is 4.79 Å². The van der Waals surface area contributed by atoms with Gasteiger partial charge in [-0.1, -0.05) is 35.0 Å². The second kappa shape index (κ2) is 7.56. The third-order valence-electron chi connectivity index (χ3n) is 3.52. The molecule has 0 spiro atoms. The average Bonchev–Trinajstić information content (AvgIpc) is 2.98. The fourth-order valence-electron chi connectivity index (χ4n) is 2.28. The van der Waals surface area contributed by atoms with E-state index >= 15 is 0 Å². The Bertz CT molecular complexity index is 943. The first-order chi connectivity index (χ1) is 12.0. The van der Waals surface area contributed by atoms with Crippen molar-refractivity contribution >= 4 is 57.6 Å². The van der Waals surface area contributed by atoms with E-state index in [1.165, 1.54) is 18.9 Å². The minimum absolute atomic E-state index is 0.163. The molecule has 5 nitrogen and oxygen atoms in total. The number of fused-ring (bicyclic) bond motifs is 1. The van der Waals surface area contributed by atoms with Crippen LogP contribution in [0.25, 0.3) is 11.0 Å². The first kappa shape index (κ1) is 17.9. The Labute approximate surface area is 159 Å². The Morgan fingerprint density at radius 3 is 2.88 bits per heavy atom. The van der Waals surface area contributed by atoms with Crippen LogP contribution in [0.3, 0.4) is 0 Å². The number of anilines is 1. The summed E-state index contributed by atoms with van der Waals surface area (Å²) in [6.07, 6.45) is 0. The van der Waals surface area contributed by atoms with Crippen molar-refractivity contribution in [3.63, 3.8) is 0 Å². The molecule has 2 aromatic carbocycles. The maximum absolute atomic E-state index is 12.2. The maximum Gasteiger partial charge on any atom is 0.234 e. The number of ether oxygens (including phenoxy) is 1. The molecule has 0 fully saturated rings. The van der Waals surface area contributed by atoms with Crippen LogP contribution in [-0.2, 0) is 4.79 Å². The number of H-pyrrole nitrogens is 1. The van der Waals surface area contributed by atoms with Gasteiger partial charge in [0.15, 0.2) is 5.16 Å². The van der Waals surface area contributed by atoms with Crippen LogP contribution in [-0.4, -0.2) is 28.7 Å². The van der Waals surface area contributed by atoms with Crippen LogP contribution >= 0.6 is 35.0 Å². The molecule has 0 aliphatic carbocycles. The van der Waals surface area contributed by atoms with Gasteiger partial charge in [0, 0.05) is 16.1 Å². The Balaban J connectivity index is 1.67. The number of carbonyl (C=O) groups excluding carboxylic acids is 1. The Morgan fingerprint density at radius 2 is 2.12 bits per heavy atom. The Kier molecular flexibility index (Phi) is 5.42. The topological polar surface area (TPSA) is 67.0 Å². The van der Waals surface area contributed by atoms with Crippen molar-refractivity contribution in [3.8, 4) is 5.75 Å². The molecule has 3 rings (SSSR count). The summed E-state index contributed by atoms with van der Waals surface area (Å²) in [6, 6.07) is 8.88. The molecule has 25 heavy (non-hydrogen) atoms. The summed E-state index contributed by atoms with van der Waals surface area (Å²) < 4.78 is 5.26. The molecule has 0 saturated heterocycles. The monoisotopic (exact) mass is 395 g/mol. The highest BCUT2D eigenvalue weighted by molar-refractivity contribution is 7.99. The SMILES string of the molecule is COc1cc(Cl)c(C)cc1NC(=O)CSc1nc2ccc(Cl)cc2[nH]1. The van der Waals surface area contributed by atoms with E-state index in [4.69, 9.17) is 27.9 Å². The van der Waals surface area contributed by atoms with E-state index in [0.717, 1.165) is 16.6 Å². The molecule has 0 radical (unpaired) electrons. The second-order valence-corrected chi connectivity index (χ2v) is 7.15. The number of imidazole rings is 1. The van der Waals surface area contributed by atoms with Gasteiger partial charge in [-0.25, -0.2) is 4.98 Å². The maximum atomic E-state index is 12.2. The van der Waals surface area contributed by atoms with E-state index in [1.54, 1.807) is 24.3 Å². The summed E-state index contributed by atoms with van der Waals surface area (Å²) in [4.78, 5) is 19.8. The largest absolute Gasteiger partial charge is 0.495 e. The van der Waals surface area contributed by atoms with Crippen LogP contribution in [0.4, 0.5) is 5.69 Å². The number of aryl methyl sites for hydroxylation is 1. The molecule has 0 aliphatic rings. The summed E-state index contributed by atoms with van der Waals surface area (Å²) in [7, 11) is 1.53.